The Balaban J connectivity index is 1.85. The van der Waals surface area contributed by atoms with Crippen molar-refractivity contribution in [2.24, 2.45) is 0 Å². The van der Waals surface area contributed by atoms with Gasteiger partial charge in [0.2, 0.25) is 0 Å². The summed E-state index contributed by atoms with van der Waals surface area (Å²) < 4.78 is 0. The third kappa shape index (κ3) is 3.38. The molecule has 2 nitrogen and oxygen atoms in total. The molecule has 0 bridgehead atoms. The Kier molecular flexibility index (Phi) is 4.15. The maximum atomic E-state index is 6.14. The molecule has 3 rings (SSSR count). The van der Waals surface area contributed by atoms with Gasteiger partial charge >= 0.3 is 0 Å². The lowest BCUT2D eigenvalue weighted by atomic mass is 10.1. The van der Waals surface area contributed by atoms with E-state index in [1.807, 2.05) is 5.38 Å². The van der Waals surface area contributed by atoms with Gasteiger partial charge in [-0.1, -0.05) is 53.0 Å². The van der Waals surface area contributed by atoms with Crippen molar-refractivity contribution in [1.82, 2.24) is 4.98 Å². The SMILES string of the molecule is Cc1ccc(-c2csc(Nc3cc(Cl)ccc3Cl)n2)cc1. The molecule has 3 aromatic rings. The first kappa shape index (κ1) is 14.4. The molecule has 0 saturated heterocycles. The maximum Gasteiger partial charge on any atom is 0.187 e. The van der Waals surface area contributed by atoms with Crippen LogP contribution >= 0.6 is 34.5 Å². The lowest BCUT2D eigenvalue weighted by molar-refractivity contribution is 1.37. The molecular weight excluding hydrogens is 323 g/mol. The van der Waals surface area contributed by atoms with E-state index in [0.29, 0.717) is 10.0 Å². The van der Waals surface area contributed by atoms with Gasteiger partial charge in [-0.25, -0.2) is 4.98 Å². The van der Waals surface area contributed by atoms with Gasteiger partial charge in [-0.2, -0.15) is 0 Å². The average molecular weight is 335 g/mol. The lowest BCUT2D eigenvalue weighted by Crippen LogP contribution is -1.90. The van der Waals surface area contributed by atoms with Crippen LogP contribution in [-0.4, -0.2) is 4.98 Å². The summed E-state index contributed by atoms with van der Waals surface area (Å²) in [5.74, 6) is 0. The van der Waals surface area contributed by atoms with Crippen LogP contribution in [0.4, 0.5) is 10.8 Å². The molecule has 0 saturated carbocycles. The highest BCUT2D eigenvalue weighted by molar-refractivity contribution is 7.14. The highest BCUT2D eigenvalue weighted by Gasteiger charge is 2.07. The van der Waals surface area contributed by atoms with Crippen molar-refractivity contribution >= 4 is 45.4 Å². The summed E-state index contributed by atoms with van der Waals surface area (Å²) in [6, 6.07) is 13.6. The van der Waals surface area contributed by atoms with Gasteiger partial charge in [0, 0.05) is 16.0 Å². The number of thiazole rings is 1. The molecule has 1 N–H and O–H groups in total. The zero-order valence-electron chi connectivity index (χ0n) is 11.2. The van der Waals surface area contributed by atoms with Crippen LogP contribution < -0.4 is 5.32 Å². The van der Waals surface area contributed by atoms with Crippen LogP contribution in [0.5, 0.6) is 0 Å². The first-order valence-electron chi connectivity index (χ1n) is 6.36. The van der Waals surface area contributed by atoms with Gasteiger partial charge in [0.1, 0.15) is 0 Å². The van der Waals surface area contributed by atoms with Crippen molar-refractivity contribution in [3.8, 4) is 11.3 Å². The molecule has 0 aliphatic carbocycles. The highest BCUT2D eigenvalue weighted by atomic mass is 35.5. The van der Waals surface area contributed by atoms with Crippen LogP contribution in [0.3, 0.4) is 0 Å². The van der Waals surface area contributed by atoms with Crippen molar-refractivity contribution in [3.63, 3.8) is 0 Å². The minimum Gasteiger partial charge on any atom is -0.330 e. The average Bonchev–Trinajstić information content (AvgIpc) is 2.92. The summed E-state index contributed by atoms with van der Waals surface area (Å²) >= 11 is 13.7. The van der Waals surface area contributed by atoms with E-state index in [1.54, 1.807) is 18.2 Å². The summed E-state index contributed by atoms with van der Waals surface area (Å²) in [5.41, 5.74) is 4.04. The predicted octanol–water partition coefficient (Wildman–Crippen LogP) is 6.17. The zero-order chi connectivity index (χ0) is 14.8. The normalized spacial score (nSPS) is 10.6. The van der Waals surface area contributed by atoms with Crippen molar-refractivity contribution < 1.29 is 0 Å². The Morgan fingerprint density at radius 1 is 1.05 bits per heavy atom. The molecular formula is C16H12Cl2N2S. The fourth-order valence-electron chi connectivity index (χ4n) is 1.90. The number of aryl methyl sites for hydroxylation is 1. The number of benzene rings is 2. The Morgan fingerprint density at radius 3 is 2.57 bits per heavy atom. The van der Waals surface area contributed by atoms with E-state index >= 15 is 0 Å². The van der Waals surface area contributed by atoms with E-state index in [9.17, 15) is 0 Å². The summed E-state index contributed by atoms with van der Waals surface area (Å²) in [6.07, 6.45) is 0. The Bertz CT molecular complexity index is 766. The van der Waals surface area contributed by atoms with Gasteiger partial charge in [0.15, 0.2) is 5.13 Å². The highest BCUT2D eigenvalue weighted by Crippen LogP contribution is 2.31. The fraction of sp³-hybridized carbons (Fsp3) is 0.0625. The van der Waals surface area contributed by atoms with Crippen LogP contribution in [0.15, 0.2) is 47.8 Å². The van der Waals surface area contributed by atoms with E-state index in [4.69, 9.17) is 23.2 Å². The van der Waals surface area contributed by atoms with Crippen LogP contribution in [-0.2, 0) is 0 Å². The number of hydrogen-bond donors (Lipinski definition) is 1. The molecule has 106 valence electrons. The van der Waals surface area contributed by atoms with Crippen molar-refractivity contribution in [2.45, 2.75) is 6.92 Å². The van der Waals surface area contributed by atoms with Gasteiger partial charge in [0.25, 0.3) is 0 Å². The Morgan fingerprint density at radius 2 is 1.81 bits per heavy atom. The minimum atomic E-state index is 0.617. The molecule has 1 aromatic heterocycles. The third-order valence-electron chi connectivity index (χ3n) is 3.02. The summed E-state index contributed by atoms with van der Waals surface area (Å²) in [6.45, 7) is 2.07. The number of rotatable bonds is 3. The number of aromatic nitrogens is 1. The Hall–Kier alpha value is -1.55. The molecule has 0 fully saturated rings. The van der Waals surface area contributed by atoms with E-state index in [-0.39, 0.29) is 0 Å². The molecule has 0 unspecified atom stereocenters. The second-order valence-electron chi connectivity index (χ2n) is 4.65. The van der Waals surface area contributed by atoms with Gasteiger partial charge in [-0.05, 0) is 25.1 Å². The molecule has 2 aromatic carbocycles. The quantitative estimate of drug-likeness (QED) is 0.619. The third-order valence-corrected chi connectivity index (χ3v) is 4.34. The second kappa shape index (κ2) is 6.06. The van der Waals surface area contributed by atoms with Crippen LogP contribution in [0.2, 0.25) is 10.0 Å². The molecule has 5 heteroatoms. The Labute approximate surface area is 137 Å². The monoisotopic (exact) mass is 334 g/mol. The summed E-state index contributed by atoms with van der Waals surface area (Å²) in [4.78, 5) is 4.58. The zero-order valence-corrected chi connectivity index (χ0v) is 13.6. The topological polar surface area (TPSA) is 24.9 Å². The largest absolute Gasteiger partial charge is 0.330 e. The smallest absolute Gasteiger partial charge is 0.187 e. The number of anilines is 2. The lowest BCUT2D eigenvalue weighted by Gasteiger charge is -2.05. The predicted molar refractivity (Wildman–Crippen MR) is 92.0 cm³/mol. The second-order valence-corrected chi connectivity index (χ2v) is 6.35. The number of nitrogens with zero attached hydrogens (tertiary/aromatic N) is 1. The van der Waals surface area contributed by atoms with Crippen LogP contribution in [0, 0.1) is 6.92 Å². The van der Waals surface area contributed by atoms with Gasteiger partial charge < -0.3 is 5.32 Å². The molecule has 21 heavy (non-hydrogen) atoms. The number of hydrogen-bond acceptors (Lipinski definition) is 3. The molecule has 0 atom stereocenters. The number of halogens is 2. The number of nitrogens with one attached hydrogen (secondary N) is 1. The molecule has 1 heterocycles. The van der Waals surface area contributed by atoms with E-state index in [0.717, 1.165) is 22.1 Å². The maximum absolute atomic E-state index is 6.14. The first-order chi connectivity index (χ1) is 10.1. The van der Waals surface area contributed by atoms with Gasteiger partial charge in [-0.3, -0.25) is 0 Å². The first-order valence-corrected chi connectivity index (χ1v) is 8.00. The minimum absolute atomic E-state index is 0.617. The standard InChI is InChI=1S/C16H12Cl2N2S/c1-10-2-4-11(5-3-10)15-9-21-16(20-15)19-14-8-12(17)6-7-13(14)18/h2-9H,1H3,(H,19,20). The van der Waals surface area contributed by atoms with E-state index < -0.39 is 0 Å². The molecule has 0 spiro atoms. The molecule has 0 aliphatic rings. The molecule has 0 radical (unpaired) electrons. The summed E-state index contributed by atoms with van der Waals surface area (Å²) in [5, 5.41) is 7.27. The molecule has 0 aliphatic heterocycles. The van der Waals surface area contributed by atoms with Crippen LogP contribution in [0.1, 0.15) is 5.56 Å². The van der Waals surface area contributed by atoms with E-state index in [2.05, 4.69) is 41.5 Å². The van der Waals surface area contributed by atoms with Crippen molar-refractivity contribution in [2.75, 3.05) is 5.32 Å². The summed E-state index contributed by atoms with van der Waals surface area (Å²) in [7, 11) is 0. The van der Waals surface area contributed by atoms with Crippen molar-refractivity contribution in [3.05, 3.63) is 63.5 Å². The van der Waals surface area contributed by atoms with Gasteiger partial charge in [-0.15, -0.1) is 11.3 Å². The van der Waals surface area contributed by atoms with Crippen molar-refractivity contribution in [1.29, 1.82) is 0 Å². The fourth-order valence-corrected chi connectivity index (χ4v) is 2.97. The van der Waals surface area contributed by atoms with E-state index in [1.165, 1.54) is 16.9 Å². The van der Waals surface area contributed by atoms with Crippen LogP contribution in [0.25, 0.3) is 11.3 Å². The van der Waals surface area contributed by atoms with Gasteiger partial charge in [0.05, 0.1) is 16.4 Å². The molecule has 0 amide bonds.